The molecule has 5 nitrogen and oxygen atoms in total. The van der Waals surface area contributed by atoms with E-state index in [1.807, 2.05) is 49.4 Å². The van der Waals surface area contributed by atoms with E-state index in [2.05, 4.69) is 22.8 Å². The minimum atomic E-state index is -0.290. The number of amides is 1. The first-order valence-corrected chi connectivity index (χ1v) is 10.7. The Labute approximate surface area is 188 Å². The molecule has 0 aliphatic carbocycles. The molecule has 0 fully saturated rings. The zero-order chi connectivity index (χ0) is 21.9. The summed E-state index contributed by atoms with van der Waals surface area (Å²) >= 11 is 5.32. The normalized spacial score (nSPS) is 10.2. The van der Waals surface area contributed by atoms with Crippen molar-refractivity contribution in [2.24, 2.45) is 0 Å². The highest BCUT2D eigenvalue weighted by Gasteiger charge is 2.10. The maximum absolute atomic E-state index is 12.4. The molecule has 0 aliphatic heterocycles. The summed E-state index contributed by atoms with van der Waals surface area (Å²) in [6.07, 6.45) is 1.85. The summed E-state index contributed by atoms with van der Waals surface area (Å²) in [5.41, 5.74) is 2.49. The van der Waals surface area contributed by atoms with Gasteiger partial charge in [-0.2, -0.15) is 0 Å². The maximum atomic E-state index is 12.4. The molecule has 0 heterocycles. The van der Waals surface area contributed by atoms with Crippen LogP contribution in [0.15, 0.2) is 78.9 Å². The Kier molecular flexibility index (Phi) is 8.43. The monoisotopic (exact) mass is 434 g/mol. The third-order valence-electron chi connectivity index (χ3n) is 4.50. The molecular formula is C25H26N2O3S. The number of hydrogen-bond donors (Lipinski definition) is 2. The predicted molar refractivity (Wildman–Crippen MR) is 128 cm³/mol. The van der Waals surface area contributed by atoms with Crippen molar-refractivity contribution in [1.82, 2.24) is 5.32 Å². The van der Waals surface area contributed by atoms with Gasteiger partial charge < -0.3 is 14.8 Å². The first-order valence-electron chi connectivity index (χ1n) is 10.3. The number of hydrogen-bond acceptors (Lipinski definition) is 4. The Balaban J connectivity index is 1.50. The van der Waals surface area contributed by atoms with Crippen LogP contribution in [-0.4, -0.2) is 24.2 Å². The minimum Gasteiger partial charge on any atom is -0.494 e. The highest BCUT2D eigenvalue weighted by atomic mass is 32.1. The van der Waals surface area contributed by atoms with Gasteiger partial charge in [-0.05, 0) is 73.9 Å². The molecule has 3 rings (SSSR count). The van der Waals surface area contributed by atoms with Crippen molar-refractivity contribution in [3.8, 4) is 11.5 Å². The van der Waals surface area contributed by atoms with Gasteiger partial charge in [0.15, 0.2) is 5.11 Å². The van der Waals surface area contributed by atoms with E-state index in [-0.39, 0.29) is 11.0 Å². The first kappa shape index (κ1) is 22.3. The van der Waals surface area contributed by atoms with Gasteiger partial charge >= 0.3 is 0 Å². The summed E-state index contributed by atoms with van der Waals surface area (Å²) in [5.74, 6) is 1.12. The molecule has 0 radical (unpaired) electrons. The molecule has 2 N–H and O–H groups in total. The number of thiocarbonyl (C=S) groups is 1. The summed E-state index contributed by atoms with van der Waals surface area (Å²) in [4.78, 5) is 12.4. The van der Waals surface area contributed by atoms with Crippen LogP contribution in [0.4, 0.5) is 5.69 Å². The minimum absolute atomic E-state index is 0.208. The lowest BCUT2D eigenvalue weighted by Gasteiger charge is -2.14. The van der Waals surface area contributed by atoms with Gasteiger partial charge in [-0.1, -0.05) is 42.5 Å². The fourth-order valence-corrected chi connectivity index (χ4v) is 3.20. The highest BCUT2D eigenvalue weighted by Crippen LogP contribution is 2.24. The van der Waals surface area contributed by atoms with Gasteiger partial charge in [-0.3, -0.25) is 10.1 Å². The summed E-state index contributed by atoms with van der Waals surface area (Å²) in [6, 6.07) is 24.8. The van der Waals surface area contributed by atoms with Crippen LogP contribution in [0.1, 0.15) is 29.3 Å². The number of anilines is 1. The van der Waals surface area contributed by atoms with Gasteiger partial charge in [-0.15, -0.1) is 0 Å². The number of carbonyl (C=O) groups excluding carboxylic acids is 1. The Bertz CT molecular complexity index is 991. The lowest BCUT2D eigenvalue weighted by Crippen LogP contribution is -2.34. The third kappa shape index (κ3) is 7.12. The first-order chi connectivity index (χ1) is 15.2. The number of rotatable bonds is 9. The molecule has 0 saturated heterocycles. The highest BCUT2D eigenvalue weighted by molar-refractivity contribution is 7.80. The molecule has 160 valence electrons. The molecule has 3 aromatic carbocycles. The molecule has 0 spiro atoms. The molecule has 0 saturated carbocycles. The zero-order valence-corrected chi connectivity index (χ0v) is 18.3. The molecule has 31 heavy (non-hydrogen) atoms. The quantitative estimate of drug-likeness (QED) is 0.357. The molecule has 0 unspecified atom stereocenters. The van der Waals surface area contributed by atoms with Crippen LogP contribution in [0.25, 0.3) is 0 Å². The van der Waals surface area contributed by atoms with Crippen LogP contribution in [0.5, 0.6) is 11.5 Å². The molecule has 0 atom stereocenters. The van der Waals surface area contributed by atoms with Gasteiger partial charge in [0.25, 0.3) is 5.91 Å². The van der Waals surface area contributed by atoms with E-state index < -0.39 is 0 Å². The van der Waals surface area contributed by atoms with Crippen molar-refractivity contribution in [2.45, 2.75) is 19.8 Å². The second kappa shape index (κ2) is 11.7. The number of nitrogens with one attached hydrogen (secondary N) is 2. The fraction of sp³-hybridized carbons (Fsp3) is 0.200. The molecule has 6 heteroatoms. The summed E-state index contributed by atoms with van der Waals surface area (Å²) in [6.45, 7) is 3.07. The summed E-state index contributed by atoms with van der Waals surface area (Å²) in [7, 11) is 0. The fourth-order valence-electron chi connectivity index (χ4n) is 3.00. The topological polar surface area (TPSA) is 59.6 Å². The van der Waals surface area contributed by atoms with Crippen LogP contribution >= 0.6 is 12.2 Å². The van der Waals surface area contributed by atoms with Crippen molar-refractivity contribution in [3.63, 3.8) is 0 Å². The number of benzene rings is 3. The molecule has 0 aliphatic rings. The Hall–Kier alpha value is -3.38. The second-order valence-electron chi connectivity index (χ2n) is 6.80. The van der Waals surface area contributed by atoms with Gasteiger partial charge in [0.05, 0.1) is 18.9 Å². The molecule has 1 amide bonds. The van der Waals surface area contributed by atoms with E-state index in [0.29, 0.717) is 30.2 Å². The molecule has 0 aromatic heterocycles. The largest absolute Gasteiger partial charge is 0.494 e. The van der Waals surface area contributed by atoms with Crippen molar-refractivity contribution in [3.05, 3.63) is 90.0 Å². The summed E-state index contributed by atoms with van der Waals surface area (Å²) < 4.78 is 11.3. The van der Waals surface area contributed by atoms with Crippen molar-refractivity contribution in [1.29, 1.82) is 0 Å². The standard InChI is InChI=1S/C25H26N2O3S/c1-2-29-21-16-14-20(15-17-21)24(28)27-25(31)26-22-12-6-7-13-23(22)30-18-8-11-19-9-4-3-5-10-19/h3-7,9-10,12-17H,2,8,11,18H2,1H3,(H2,26,27,28,31). The number of aryl methyl sites for hydroxylation is 1. The van der Waals surface area contributed by atoms with Crippen molar-refractivity contribution in [2.75, 3.05) is 18.5 Å². The van der Waals surface area contributed by atoms with E-state index in [1.54, 1.807) is 24.3 Å². The SMILES string of the molecule is CCOc1ccc(C(=O)NC(=S)Nc2ccccc2OCCCc2ccccc2)cc1. The van der Waals surface area contributed by atoms with Crippen LogP contribution < -0.4 is 20.1 Å². The maximum Gasteiger partial charge on any atom is 0.257 e. The third-order valence-corrected chi connectivity index (χ3v) is 4.70. The number of carbonyl (C=O) groups is 1. The van der Waals surface area contributed by atoms with Crippen LogP contribution in [-0.2, 0) is 6.42 Å². The van der Waals surface area contributed by atoms with Crippen LogP contribution in [0.2, 0.25) is 0 Å². The molecule has 3 aromatic rings. The van der Waals surface area contributed by atoms with Gasteiger partial charge in [0.2, 0.25) is 0 Å². The molecule has 0 bridgehead atoms. The van der Waals surface area contributed by atoms with Gasteiger partial charge in [-0.25, -0.2) is 0 Å². The van der Waals surface area contributed by atoms with Crippen LogP contribution in [0.3, 0.4) is 0 Å². The predicted octanol–water partition coefficient (Wildman–Crippen LogP) is 5.22. The Morgan fingerprint density at radius 2 is 1.61 bits per heavy atom. The van der Waals surface area contributed by atoms with E-state index >= 15 is 0 Å². The van der Waals surface area contributed by atoms with Gasteiger partial charge in [0, 0.05) is 5.56 Å². The lowest BCUT2D eigenvalue weighted by atomic mass is 10.1. The van der Waals surface area contributed by atoms with Crippen molar-refractivity contribution < 1.29 is 14.3 Å². The smallest absolute Gasteiger partial charge is 0.257 e. The van der Waals surface area contributed by atoms with E-state index in [0.717, 1.165) is 18.6 Å². The zero-order valence-electron chi connectivity index (χ0n) is 17.5. The summed E-state index contributed by atoms with van der Waals surface area (Å²) in [5, 5.41) is 5.96. The van der Waals surface area contributed by atoms with E-state index in [4.69, 9.17) is 21.7 Å². The average Bonchev–Trinajstić information content (AvgIpc) is 2.79. The van der Waals surface area contributed by atoms with E-state index in [9.17, 15) is 4.79 Å². The average molecular weight is 435 g/mol. The Morgan fingerprint density at radius 3 is 2.35 bits per heavy atom. The number of ether oxygens (including phenoxy) is 2. The van der Waals surface area contributed by atoms with Gasteiger partial charge in [0.1, 0.15) is 11.5 Å². The number of para-hydroxylation sites is 2. The second-order valence-corrected chi connectivity index (χ2v) is 7.21. The Morgan fingerprint density at radius 1 is 0.903 bits per heavy atom. The van der Waals surface area contributed by atoms with Crippen LogP contribution in [0, 0.1) is 0 Å². The van der Waals surface area contributed by atoms with Crippen molar-refractivity contribution >= 4 is 28.9 Å². The lowest BCUT2D eigenvalue weighted by molar-refractivity contribution is 0.0977. The molecular weight excluding hydrogens is 408 g/mol. The van der Waals surface area contributed by atoms with E-state index in [1.165, 1.54) is 5.56 Å².